The number of aromatic nitrogens is 3. The highest BCUT2D eigenvalue weighted by Crippen LogP contribution is 2.23. The van der Waals surface area contributed by atoms with Crippen LogP contribution in [-0.4, -0.2) is 20.3 Å². The van der Waals surface area contributed by atoms with E-state index in [0.29, 0.717) is 6.42 Å². The molecule has 0 unspecified atom stereocenters. The first kappa shape index (κ1) is 12.5. The van der Waals surface area contributed by atoms with E-state index in [4.69, 9.17) is 0 Å². The summed E-state index contributed by atoms with van der Waals surface area (Å²) in [6.07, 6.45) is 2.21. The smallest absolute Gasteiger partial charge is 0.159 e. The van der Waals surface area contributed by atoms with Gasteiger partial charge in [-0.1, -0.05) is 12.1 Å². The van der Waals surface area contributed by atoms with Gasteiger partial charge in [-0.2, -0.15) is 0 Å². The molecule has 0 atom stereocenters. The van der Waals surface area contributed by atoms with Gasteiger partial charge in [0, 0.05) is 19.7 Å². The second-order valence-electron chi connectivity index (χ2n) is 4.91. The quantitative estimate of drug-likeness (QED) is 0.731. The Morgan fingerprint density at radius 2 is 2.10 bits per heavy atom. The number of nitrogens with zero attached hydrogens (tertiary/aromatic N) is 3. The van der Waals surface area contributed by atoms with Crippen molar-refractivity contribution in [3.63, 3.8) is 0 Å². The summed E-state index contributed by atoms with van der Waals surface area (Å²) < 4.78 is 2.02. The average Bonchev–Trinajstić information content (AvgIpc) is 2.76. The number of ketones is 1. The molecule has 0 amide bonds. The molecule has 0 aliphatic rings. The standard InChI is InChI=1S/C16H15N3O/c1-11(20)9-12-6-7-15-14(10-12)18-16(19(15)2)13-5-3-4-8-17-13/h3-8,10H,9H2,1-2H3. The topological polar surface area (TPSA) is 47.8 Å². The SMILES string of the molecule is CC(=O)Cc1ccc2c(c1)nc(-c1ccccn1)n2C. The van der Waals surface area contributed by atoms with Crippen LogP contribution in [0.2, 0.25) is 0 Å². The van der Waals surface area contributed by atoms with Crippen molar-refractivity contribution >= 4 is 16.8 Å². The molecule has 0 fully saturated rings. The van der Waals surface area contributed by atoms with E-state index >= 15 is 0 Å². The van der Waals surface area contributed by atoms with Gasteiger partial charge in [-0.15, -0.1) is 0 Å². The van der Waals surface area contributed by atoms with Crippen LogP contribution in [0.3, 0.4) is 0 Å². The van der Waals surface area contributed by atoms with Crippen LogP contribution in [-0.2, 0) is 18.3 Å². The van der Waals surface area contributed by atoms with Gasteiger partial charge in [-0.3, -0.25) is 9.78 Å². The summed E-state index contributed by atoms with van der Waals surface area (Å²) >= 11 is 0. The lowest BCUT2D eigenvalue weighted by Crippen LogP contribution is -1.96. The Bertz CT molecular complexity index is 775. The first-order chi connectivity index (χ1) is 9.65. The Kier molecular flexibility index (Phi) is 3.06. The molecular formula is C16H15N3O. The number of pyridine rings is 1. The van der Waals surface area contributed by atoms with Crippen LogP contribution in [0.25, 0.3) is 22.6 Å². The molecule has 0 N–H and O–H groups in total. The largest absolute Gasteiger partial charge is 0.326 e. The Balaban J connectivity index is 2.12. The third kappa shape index (κ3) is 2.20. The maximum Gasteiger partial charge on any atom is 0.159 e. The van der Waals surface area contributed by atoms with Crippen molar-refractivity contribution in [1.29, 1.82) is 0 Å². The highest BCUT2D eigenvalue weighted by Gasteiger charge is 2.11. The molecule has 3 rings (SSSR count). The Labute approximate surface area is 117 Å². The molecule has 0 bridgehead atoms. The highest BCUT2D eigenvalue weighted by molar-refractivity contribution is 5.83. The minimum absolute atomic E-state index is 0.158. The first-order valence-electron chi connectivity index (χ1n) is 6.51. The molecule has 0 spiro atoms. The average molecular weight is 265 g/mol. The van der Waals surface area contributed by atoms with Crippen LogP contribution in [0.5, 0.6) is 0 Å². The van der Waals surface area contributed by atoms with E-state index in [9.17, 15) is 4.79 Å². The fourth-order valence-corrected chi connectivity index (χ4v) is 2.37. The van der Waals surface area contributed by atoms with Crippen LogP contribution in [0.4, 0.5) is 0 Å². The van der Waals surface area contributed by atoms with Gasteiger partial charge < -0.3 is 4.57 Å². The molecule has 4 heteroatoms. The molecule has 4 nitrogen and oxygen atoms in total. The number of hydrogen-bond donors (Lipinski definition) is 0. The number of aryl methyl sites for hydroxylation is 1. The minimum atomic E-state index is 0.158. The van der Waals surface area contributed by atoms with Crippen molar-refractivity contribution in [3.05, 3.63) is 48.2 Å². The van der Waals surface area contributed by atoms with Gasteiger partial charge in [0.05, 0.1) is 11.0 Å². The van der Waals surface area contributed by atoms with Gasteiger partial charge in [0.25, 0.3) is 0 Å². The molecule has 1 aromatic carbocycles. The summed E-state index contributed by atoms with van der Waals surface area (Å²) in [5.41, 5.74) is 3.78. The van der Waals surface area contributed by atoms with Gasteiger partial charge in [0.1, 0.15) is 11.5 Å². The molecule has 2 heterocycles. The maximum absolute atomic E-state index is 11.2. The zero-order chi connectivity index (χ0) is 14.1. The number of carbonyl (C=O) groups excluding carboxylic acids is 1. The fourth-order valence-electron chi connectivity index (χ4n) is 2.37. The number of benzene rings is 1. The summed E-state index contributed by atoms with van der Waals surface area (Å²) in [5, 5.41) is 0. The maximum atomic E-state index is 11.2. The number of carbonyl (C=O) groups is 1. The third-order valence-electron chi connectivity index (χ3n) is 3.29. The van der Waals surface area contributed by atoms with E-state index in [-0.39, 0.29) is 5.78 Å². The fraction of sp³-hybridized carbons (Fsp3) is 0.188. The zero-order valence-electron chi connectivity index (χ0n) is 11.5. The second-order valence-corrected chi connectivity index (χ2v) is 4.91. The summed E-state index contributed by atoms with van der Waals surface area (Å²) in [6, 6.07) is 11.7. The highest BCUT2D eigenvalue weighted by atomic mass is 16.1. The molecule has 100 valence electrons. The van der Waals surface area contributed by atoms with E-state index in [1.54, 1.807) is 13.1 Å². The van der Waals surface area contributed by atoms with Crippen LogP contribution in [0, 0.1) is 0 Å². The monoisotopic (exact) mass is 265 g/mol. The molecule has 0 aliphatic carbocycles. The zero-order valence-corrected chi connectivity index (χ0v) is 11.5. The minimum Gasteiger partial charge on any atom is -0.326 e. The van der Waals surface area contributed by atoms with E-state index in [1.807, 2.05) is 48.0 Å². The number of rotatable bonds is 3. The number of hydrogen-bond acceptors (Lipinski definition) is 3. The van der Waals surface area contributed by atoms with Crippen molar-refractivity contribution in [3.8, 4) is 11.5 Å². The van der Waals surface area contributed by atoms with E-state index in [0.717, 1.165) is 28.1 Å². The van der Waals surface area contributed by atoms with E-state index < -0.39 is 0 Å². The van der Waals surface area contributed by atoms with Crippen molar-refractivity contribution in [2.24, 2.45) is 7.05 Å². The van der Waals surface area contributed by atoms with Gasteiger partial charge >= 0.3 is 0 Å². The van der Waals surface area contributed by atoms with Crippen molar-refractivity contribution < 1.29 is 4.79 Å². The normalized spacial score (nSPS) is 10.9. The lowest BCUT2D eigenvalue weighted by molar-refractivity contribution is -0.116. The molecule has 0 radical (unpaired) electrons. The second kappa shape index (κ2) is 4.89. The molecule has 0 saturated heterocycles. The third-order valence-corrected chi connectivity index (χ3v) is 3.29. The van der Waals surface area contributed by atoms with Crippen LogP contribution in [0.15, 0.2) is 42.6 Å². The van der Waals surface area contributed by atoms with Crippen molar-refractivity contribution in [2.45, 2.75) is 13.3 Å². The summed E-state index contributed by atoms with van der Waals surface area (Å²) in [7, 11) is 1.98. The molecule has 3 aromatic rings. The lowest BCUT2D eigenvalue weighted by atomic mass is 10.1. The van der Waals surface area contributed by atoms with Gasteiger partial charge in [-0.25, -0.2) is 4.98 Å². The first-order valence-corrected chi connectivity index (χ1v) is 6.51. The van der Waals surface area contributed by atoms with Gasteiger partial charge in [-0.05, 0) is 36.8 Å². The number of Topliss-reactive ketones (excluding diaryl/α,β-unsaturated/α-hetero) is 1. The van der Waals surface area contributed by atoms with Crippen molar-refractivity contribution in [1.82, 2.24) is 14.5 Å². The Morgan fingerprint density at radius 1 is 1.25 bits per heavy atom. The summed E-state index contributed by atoms with van der Waals surface area (Å²) in [4.78, 5) is 20.2. The predicted molar refractivity (Wildman–Crippen MR) is 78.3 cm³/mol. The van der Waals surface area contributed by atoms with Crippen LogP contribution >= 0.6 is 0 Å². The van der Waals surface area contributed by atoms with E-state index in [1.165, 1.54) is 0 Å². The molecule has 2 aromatic heterocycles. The number of fused-ring (bicyclic) bond motifs is 1. The summed E-state index contributed by atoms with van der Waals surface area (Å²) in [5.74, 6) is 0.991. The van der Waals surface area contributed by atoms with Crippen LogP contribution in [0.1, 0.15) is 12.5 Å². The van der Waals surface area contributed by atoms with Crippen molar-refractivity contribution in [2.75, 3.05) is 0 Å². The summed E-state index contributed by atoms with van der Waals surface area (Å²) in [6.45, 7) is 1.60. The van der Waals surface area contributed by atoms with E-state index in [2.05, 4.69) is 9.97 Å². The number of imidazole rings is 1. The molecule has 0 saturated carbocycles. The Morgan fingerprint density at radius 3 is 2.80 bits per heavy atom. The van der Waals surface area contributed by atoms with Gasteiger partial charge in [0.15, 0.2) is 5.82 Å². The molecular weight excluding hydrogens is 250 g/mol. The predicted octanol–water partition coefficient (Wildman–Crippen LogP) is 2.77. The Hall–Kier alpha value is -2.49. The molecule has 0 aliphatic heterocycles. The lowest BCUT2D eigenvalue weighted by Gasteiger charge is -2.01. The molecule has 20 heavy (non-hydrogen) atoms. The van der Waals surface area contributed by atoms with Gasteiger partial charge in [0.2, 0.25) is 0 Å². The van der Waals surface area contributed by atoms with Crippen LogP contribution < -0.4 is 0 Å².